The topological polar surface area (TPSA) is 46.9 Å². The van der Waals surface area contributed by atoms with E-state index in [1.54, 1.807) is 48.5 Å². The Morgan fingerprint density at radius 2 is 1.92 bits per heavy atom. The van der Waals surface area contributed by atoms with Crippen molar-refractivity contribution in [2.24, 2.45) is 0 Å². The summed E-state index contributed by atoms with van der Waals surface area (Å²) < 4.78 is 15.6. The number of aromatic nitrogens is 2. The predicted octanol–water partition coefficient (Wildman–Crippen LogP) is 4.47. The molecule has 1 heterocycles. The highest BCUT2D eigenvalue weighted by atomic mass is 35.5. The molecular weight excluding hydrogens is 341 g/mol. The van der Waals surface area contributed by atoms with Crippen molar-refractivity contribution in [3.63, 3.8) is 0 Å². The molecule has 0 aliphatic rings. The van der Waals surface area contributed by atoms with Crippen molar-refractivity contribution < 1.29 is 9.18 Å². The summed E-state index contributed by atoms with van der Waals surface area (Å²) in [4.78, 5) is 12.5. The average molecular weight is 358 g/mol. The van der Waals surface area contributed by atoms with Crippen LogP contribution in [-0.2, 0) is 0 Å². The van der Waals surface area contributed by atoms with E-state index in [0.717, 1.165) is 6.42 Å². The molecule has 0 spiro atoms. The lowest BCUT2D eigenvalue weighted by molar-refractivity contribution is 0.0946. The summed E-state index contributed by atoms with van der Waals surface area (Å²) in [5, 5.41) is 7.71. The van der Waals surface area contributed by atoms with Crippen molar-refractivity contribution in [1.29, 1.82) is 0 Å². The number of hydrogen-bond acceptors (Lipinski definition) is 2. The van der Waals surface area contributed by atoms with E-state index in [9.17, 15) is 9.18 Å². The Labute approximate surface area is 150 Å². The molecule has 128 valence electrons. The standard InChI is InChI=1S/C19H17ClFN3O/c1-2-11-22-19(25)18-12-16(13-7-3-5-9-15(13)21)23-24(18)17-10-6-4-8-14(17)20/h3-10,12H,2,11H2,1H3,(H,22,25). The van der Waals surface area contributed by atoms with Crippen LogP contribution in [0.5, 0.6) is 0 Å². The molecule has 25 heavy (non-hydrogen) atoms. The number of amides is 1. The second-order valence-corrected chi connectivity index (χ2v) is 5.92. The summed E-state index contributed by atoms with van der Waals surface area (Å²) in [5.41, 5.74) is 1.57. The molecule has 0 aliphatic carbocycles. The molecule has 6 heteroatoms. The first-order chi connectivity index (χ1) is 12.1. The summed E-state index contributed by atoms with van der Waals surface area (Å²) in [7, 11) is 0. The maximum Gasteiger partial charge on any atom is 0.270 e. The van der Waals surface area contributed by atoms with Gasteiger partial charge in [0.25, 0.3) is 5.91 Å². The first kappa shape index (κ1) is 17.2. The third-order valence-corrected chi connectivity index (χ3v) is 4.03. The van der Waals surface area contributed by atoms with E-state index >= 15 is 0 Å². The van der Waals surface area contributed by atoms with Crippen molar-refractivity contribution >= 4 is 17.5 Å². The quantitative estimate of drug-likeness (QED) is 0.732. The molecule has 0 unspecified atom stereocenters. The molecule has 3 rings (SSSR count). The summed E-state index contributed by atoms with van der Waals surface area (Å²) in [6.45, 7) is 2.51. The van der Waals surface area contributed by atoms with Crippen LogP contribution in [0.15, 0.2) is 54.6 Å². The maximum absolute atomic E-state index is 14.1. The van der Waals surface area contributed by atoms with Crippen molar-refractivity contribution in [2.75, 3.05) is 6.54 Å². The molecular formula is C19H17ClFN3O. The number of carbonyl (C=O) groups is 1. The van der Waals surface area contributed by atoms with Gasteiger partial charge in [-0.15, -0.1) is 0 Å². The first-order valence-electron chi connectivity index (χ1n) is 8.00. The number of nitrogens with zero attached hydrogens (tertiary/aromatic N) is 2. The zero-order valence-electron chi connectivity index (χ0n) is 13.7. The second-order valence-electron chi connectivity index (χ2n) is 5.51. The summed E-state index contributed by atoms with van der Waals surface area (Å²) in [5.74, 6) is -0.677. The Kier molecular flexibility index (Phi) is 5.14. The van der Waals surface area contributed by atoms with Gasteiger partial charge in [0, 0.05) is 12.1 Å². The Morgan fingerprint density at radius 1 is 1.20 bits per heavy atom. The van der Waals surface area contributed by atoms with Crippen LogP contribution >= 0.6 is 11.6 Å². The summed E-state index contributed by atoms with van der Waals surface area (Å²) in [6, 6.07) is 15.0. The molecule has 0 atom stereocenters. The van der Waals surface area contributed by atoms with E-state index in [2.05, 4.69) is 10.4 Å². The van der Waals surface area contributed by atoms with Crippen LogP contribution in [0.2, 0.25) is 5.02 Å². The normalized spacial score (nSPS) is 10.7. The van der Waals surface area contributed by atoms with Crippen LogP contribution in [0.4, 0.5) is 4.39 Å². The number of para-hydroxylation sites is 1. The first-order valence-corrected chi connectivity index (χ1v) is 8.37. The largest absolute Gasteiger partial charge is 0.351 e. The van der Waals surface area contributed by atoms with Crippen LogP contribution in [-0.4, -0.2) is 22.2 Å². The van der Waals surface area contributed by atoms with Gasteiger partial charge in [0.15, 0.2) is 0 Å². The lowest BCUT2D eigenvalue weighted by atomic mass is 10.1. The maximum atomic E-state index is 14.1. The molecule has 1 aromatic heterocycles. The molecule has 2 aromatic carbocycles. The van der Waals surface area contributed by atoms with E-state index in [-0.39, 0.29) is 5.91 Å². The van der Waals surface area contributed by atoms with E-state index in [0.29, 0.717) is 34.2 Å². The van der Waals surface area contributed by atoms with Gasteiger partial charge in [-0.3, -0.25) is 4.79 Å². The van der Waals surface area contributed by atoms with Gasteiger partial charge in [-0.05, 0) is 36.8 Å². The molecule has 4 nitrogen and oxygen atoms in total. The Morgan fingerprint density at radius 3 is 2.64 bits per heavy atom. The zero-order chi connectivity index (χ0) is 17.8. The van der Waals surface area contributed by atoms with E-state index in [4.69, 9.17) is 11.6 Å². The lowest BCUT2D eigenvalue weighted by Crippen LogP contribution is -2.26. The third kappa shape index (κ3) is 3.56. The van der Waals surface area contributed by atoms with Gasteiger partial charge in [-0.25, -0.2) is 9.07 Å². The van der Waals surface area contributed by atoms with Gasteiger partial charge in [0.05, 0.1) is 16.4 Å². The van der Waals surface area contributed by atoms with Crippen molar-refractivity contribution in [1.82, 2.24) is 15.1 Å². The van der Waals surface area contributed by atoms with Gasteiger partial charge in [0.2, 0.25) is 0 Å². The van der Waals surface area contributed by atoms with Crippen molar-refractivity contribution in [3.05, 3.63) is 71.1 Å². The SMILES string of the molecule is CCCNC(=O)c1cc(-c2ccccc2F)nn1-c1ccccc1Cl. The molecule has 0 saturated carbocycles. The number of hydrogen-bond donors (Lipinski definition) is 1. The summed E-state index contributed by atoms with van der Waals surface area (Å²) >= 11 is 6.26. The van der Waals surface area contributed by atoms with Crippen molar-refractivity contribution in [2.45, 2.75) is 13.3 Å². The van der Waals surface area contributed by atoms with E-state index in [1.165, 1.54) is 10.7 Å². The van der Waals surface area contributed by atoms with Gasteiger partial charge >= 0.3 is 0 Å². The monoisotopic (exact) mass is 357 g/mol. The molecule has 1 N–H and O–H groups in total. The molecule has 1 amide bonds. The fourth-order valence-corrected chi connectivity index (χ4v) is 2.70. The van der Waals surface area contributed by atoms with Gasteiger partial charge in [0.1, 0.15) is 11.5 Å². The zero-order valence-corrected chi connectivity index (χ0v) is 14.4. The van der Waals surface area contributed by atoms with E-state index < -0.39 is 5.82 Å². The van der Waals surface area contributed by atoms with Gasteiger partial charge < -0.3 is 5.32 Å². The number of halogens is 2. The molecule has 0 radical (unpaired) electrons. The van der Waals surface area contributed by atoms with E-state index in [1.807, 2.05) is 6.92 Å². The van der Waals surface area contributed by atoms with Gasteiger partial charge in [-0.1, -0.05) is 42.8 Å². The number of nitrogens with one attached hydrogen (secondary N) is 1. The fourth-order valence-electron chi connectivity index (χ4n) is 2.48. The van der Waals surface area contributed by atoms with Crippen LogP contribution in [0.3, 0.4) is 0 Å². The number of benzene rings is 2. The van der Waals surface area contributed by atoms with Gasteiger partial charge in [-0.2, -0.15) is 5.10 Å². The predicted molar refractivity (Wildman–Crippen MR) is 96.6 cm³/mol. The lowest BCUT2D eigenvalue weighted by Gasteiger charge is -2.09. The minimum atomic E-state index is -0.396. The number of rotatable bonds is 5. The molecule has 3 aromatic rings. The molecule has 0 bridgehead atoms. The minimum Gasteiger partial charge on any atom is -0.351 e. The second kappa shape index (κ2) is 7.49. The highest BCUT2D eigenvalue weighted by Gasteiger charge is 2.19. The van der Waals surface area contributed by atoms with Crippen molar-refractivity contribution in [3.8, 4) is 16.9 Å². The summed E-state index contributed by atoms with van der Waals surface area (Å²) in [6.07, 6.45) is 0.812. The smallest absolute Gasteiger partial charge is 0.270 e. The van der Waals surface area contributed by atoms with Crippen LogP contribution in [0.1, 0.15) is 23.8 Å². The Bertz CT molecular complexity index is 907. The van der Waals surface area contributed by atoms with Crippen LogP contribution < -0.4 is 5.32 Å². The van der Waals surface area contributed by atoms with Crippen LogP contribution in [0.25, 0.3) is 16.9 Å². The highest BCUT2D eigenvalue weighted by Crippen LogP contribution is 2.27. The highest BCUT2D eigenvalue weighted by molar-refractivity contribution is 6.32. The molecule has 0 aliphatic heterocycles. The Balaban J connectivity index is 2.14. The third-order valence-electron chi connectivity index (χ3n) is 3.71. The van der Waals surface area contributed by atoms with Crippen LogP contribution in [0, 0.1) is 5.82 Å². The average Bonchev–Trinajstić information content (AvgIpc) is 3.05. The molecule has 0 saturated heterocycles. The Hall–Kier alpha value is -2.66. The molecule has 0 fully saturated rings. The minimum absolute atomic E-state index is 0.281. The number of carbonyl (C=O) groups excluding carboxylic acids is 1. The fraction of sp³-hybridized carbons (Fsp3) is 0.158.